The molecule has 134 valence electrons. The van der Waals surface area contributed by atoms with Crippen LogP contribution >= 0.6 is 0 Å². The summed E-state index contributed by atoms with van der Waals surface area (Å²) >= 11 is 0. The maximum Gasteiger partial charge on any atom is 0.255 e. The van der Waals surface area contributed by atoms with E-state index in [1.807, 2.05) is 32.0 Å². The molecular formula is C20H20N2O4. The molecule has 0 aliphatic heterocycles. The van der Waals surface area contributed by atoms with Gasteiger partial charge in [-0.3, -0.25) is 4.79 Å². The molecule has 0 fully saturated rings. The molecule has 0 saturated heterocycles. The normalized spacial score (nSPS) is 10.4. The lowest BCUT2D eigenvalue weighted by molar-refractivity contribution is 0.102. The Labute approximate surface area is 151 Å². The lowest BCUT2D eigenvalue weighted by Crippen LogP contribution is -2.13. The monoisotopic (exact) mass is 352 g/mol. The van der Waals surface area contributed by atoms with Crippen molar-refractivity contribution in [2.24, 2.45) is 0 Å². The van der Waals surface area contributed by atoms with Crippen LogP contribution in [0.3, 0.4) is 0 Å². The highest BCUT2D eigenvalue weighted by Crippen LogP contribution is 2.30. The highest BCUT2D eigenvalue weighted by Gasteiger charge is 2.12. The van der Waals surface area contributed by atoms with Crippen molar-refractivity contribution in [3.05, 3.63) is 60.6 Å². The van der Waals surface area contributed by atoms with Gasteiger partial charge in [0, 0.05) is 17.2 Å². The van der Waals surface area contributed by atoms with Gasteiger partial charge in [0.25, 0.3) is 5.91 Å². The molecule has 0 unspecified atom stereocenters. The largest absolute Gasteiger partial charge is 0.494 e. The Hall–Kier alpha value is -3.28. The second kappa shape index (κ2) is 8.20. The molecule has 0 saturated carbocycles. The van der Waals surface area contributed by atoms with Crippen LogP contribution in [0, 0.1) is 0 Å². The van der Waals surface area contributed by atoms with Crippen LogP contribution in [0.2, 0.25) is 0 Å². The van der Waals surface area contributed by atoms with Crippen molar-refractivity contribution in [1.82, 2.24) is 4.98 Å². The van der Waals surface area contributed by atoms with Crippen LogP contribution in [-0.2, 0) is 0 Å². The van der Waals surface area contributed by atoms with Gasteiger partial charge in [0.2, 0.25) is 0 Å². The number of carbonyl (C=O) groups is 1. The molecular weight excluding hydrogens is 332 g/mol. The topological polar surface area (TPSA) is 73.6 Å². The van der Waals surface area contributed by atoms with Crippen molar-refractivity contribution in [2.45, 2.75) is 13.8 Å². The summed E-state index contributed by atoms with van der Waals surface area (Å²) in [4.78, 5) is 16.5. The van der Waals surface area contributed by atoms with Gasteiger partial charge in [0.15, 0.2) is 12.2 Å². The molecule has 0 atom stereocenters. The van der Waals surface area contributed by atoms with Gasteiger partial charge in [-0.05, 0) is 38.1 Å². The van der Waals surface area contributed by atoms with E-state index in [0.29, 0.717) is 41.7 Å². The van der Waals surface area contributed by atoms with Crippen molar-refractivity contribution in [1.29, 1.82) is 0 Å². The Bertz CT molecular complexity index is 858. The summed E-state index contributed by atoms with van der Waals surface area (Å²) in [5.41, 5.74) is 1.95. The summed E-state index contributed by atoms with van der Waals surface area (Å²) in [5, 5.41) is 2.88. The van der Waals surface area contributed by atoms with Crippen LogP contribution in [0.1, 0.15) is 24.2 Å². The highest BCUT2D eigenvalue weighted by molar-refractivity contribution is 6.05. The smallest absolute Gasteiger partial charge is 0.255 e. The number of amides is 1. The molecule has 0 spiro atoms. The first kappa shape index (κ1) is 17.5. The average molecular weight is 352 g/mol. The summed E-state index contributed by atoms with van der Waals surface area (Å²) in [6.45, 7) is 4.85. The quantitative estimate of drug-likeness (QED) is 0.682. The van der Waals surface area contributed by atoms with E-state index in [1.54, 1.807) is 30.5 Å². The van der Waals surface area contributed by atoms with Crippen LogP contribution in [0.4, 0.5) is 5.69 Å². The number of rotatable bonds is 7. The zero-order chi connectivity index (χ0) is 18.4. The fourth-order valence-electron chi connectivity index (χ4n) is 2.48. The van der Waals surface area contributed by atoms with Crippen LogP contribution in [0.5, 0.6) is 11.5 Å². The van der Waals surface area contributed by atoms with Gasteiger partial charge >= 0.3 is 0 Å². The summed E-state index contributed by atoms with van der Waals surface area (Å²) in [7, 11) is 0. The molecule has 0 aliphatic carbocycles. The van der Waals surface area contributed by atoms with Gasteiger partial charge < -0.3 is 19.2 Å². The van der Waals surface area contributed by atoms with E-state index in [0.717, 1.165) is 5.56 Å². The maximum atomic E-state index is 12.6. The Balaban J connectivity index is 1.79. The number of aromatic nitrogens is 1. The Kier molecular flexibility index (Phi) is 5.53. The predicted octanol–water partition coefficient (Wildman–Crippen LogP) is 4.39. The van der Waals surface area contributed by atoms with Crippen molar-refractivity contribution in [2.75, 3.05) is 18.5 Å². The third-order valence-electron chi connectivity index (χ3n) is 3.67. The molecule has 3 aromatic rings. The van der Waals surface area contributed by atoms with Crippen LogP contribution in [0.25, 0.3) is 11.3 Å². The second-order valence-electron chi connectivity index (χ2n) is 5.42. The molecule has 2 aromatic carbocycles. The maximum absolute atomic E-state index is 12.6. The molecule has 1 aromatic heterocycles. The summed E-state index contributed by atoms with van der Waals surface area (Å²) in [6.07, 6.45) is 3.00. The van der Waals surface area contributed by atoms with Gasteiger partial charge in [0.1, 0.15) is 11.5 Å². The van der Waals surface area contributed by atoms with E-state index in [2.05, 4.69) is 10.3 Å². The third-order valence-corrected chi connectivity index (χ3v) is 3.67. The molecule has 1 amide bonds. The summed E-state index contributed by atoms with van der Waals surface area (Å²) in [5.74, 6) is 1.69. The molecule has 6 heteroatoms. The number of benzene rings is 2. The first-order valence-electron chi connectivity index (χ1n) is 8.41. The zero-order valence-electron chi connectivity index (χ0n) is 14.7. The summed E-state index contributed by atoms with van der Waals surface area (Å²) in [6, 6.07) is 12.5. The van der Waals surface area contributed by atoms with Gasteiger partial charge in [0.05, 0.1) is 25.1 Å². The van der Waals surface area contributed by atoms with Gasteiger partial charge in [-0.2, -0.15) is 0 Å². The molecule has 0 radical (unpaired) electrons. The van der Waals surface area contributed by atoms with Crippen molar-refractivity contribution in [3.8, 4) is 22.8 Å². The third kappa shape index (κ3) is 4.03. The molecule has 0 bridgehead atoms. The number of nitrogens with one attached hydrogen (secondary N) is 1. The molecule has 6 nitrogen and oxygen atoms in total. The number of ether oxygens (including phenoxy) is 2. The number of hydrogen-bond acceptors (Lipinski definition) is 5. The van der Waals surface area contributed by atoms with E-state index >= 15 is 0 Å². The van der Waals surface area contributed by atoms with E-state index < -0.39 is 0 Å². The van der Waals surface area contributed by atoms with Crippen LogP contribution in [0.15, 0.2) is 59.5 Å². The van der Waals surface area contributed by atoms with E-state index in [9.17, 15) is 4.79 Å². The SMILES string of the molecule is CCOc1ccc(OCC)c(NC(=O)c2ccc(-c3cnco3)cc2)c1. The fourth-order valence-corrected chi connectivity index (χ4v) is 2.48. The molecule has 3 rings (SSSR count). The van der Waals surface area contributed by atoms with Gasteiger partial charge in [-0.15, -0.1) is 0 Å². The number of anilines is 1. The first-order chi connectivity index (χ1) is 12.7. The minimum Gasteiger partial charge on any atom is -0.494 e. The Morgan fingerprint density at radius 1 is 1.08 bits per heavy atom. The minimum atomic E-state index is -0.233. The standard InChI is InChI=1S/C20H20N2O4/c1-3-24-16-9-10-18(25-4-2)17(11-16)22-20(23)15-7-5-14(6-8-15)19-12-21-13-26-19/h5-13H,3-4H2,1-2H3,(H,22,23). The molecule has 1 N–H and O–H groups in total. The molecule has 26 heavy (non-hydrogen) atoms. The predicted molar refractivity (Wildman–Crippen MR) is 98.7 cm³/mol. The second-order valence-corrected chi connectivity index (χ2v) is 5.42. The van der Waals surface area contributed by atoms with Crippen molar-refractivity contribution >= 4 is 11.6 Å². The minimum absolute atomic E-state index is 0.233. The Morgan fingerprint density at radius 2 is 1.85 bits per heavy atom. The van der Waals surface area contributed by atoms with Crippen LogP contribution < -0.4 is 14.8 Å². The fraction of sp³-hybridized carbons (Fsp3) is 0.200. The molecule has 0 aliphatic rings. The van der Waals surface area contributed by atoms with Crippen molar-refractivity contribution in [3.63, 3.8) is 0 Å². The van der Waals surface area contributed by atoms with Crippen LogP contribution in [-0.4, -0.2) is 24.1 Å². The van der Waals surface area contributed by atoms with E-state index in [1.165, 1.54) is 6.39 Å². The lowest BCUT2D eigenvalue weighted by atomic mass is 10.1. The Morgan fingerprint density at radius 3 is 2.50 bits per heavy atom. The zero-order valence-corrected chi connectivity index (χ0v) is 14.7. The number of oxazole rings is 1. The van der Waals surface area contributed by atoms with Gasteiger partial charge in [-0.1, -0.05) is 12.1 Å². The lowest BCUT2D eigenvalue weighted by Gasteiger charge is -2.13. The summed E-state index contributed by atoms with van der Waals surface area (Å²) < 4.78 is 16.3. The number of nitrogens with zero attached hydrogens (tertiary/aromatic N) is 1. The van der Waals surface area contributed by atoms with Crippen molar-refractivity contribution < 1.29 is 18.7 Å². The number of carbonyl (C=O) groups excluding carboxylic acids is 1. The first-order valence-corrected chi connectivity index (χ1v) is 8.41. The van der Waals surface area contributed by atoms with Gasteiger partial charge in [-0.25, -0.2) is 4.98 Å². The van der Waals surface area contributed by atoms with E-state index in [-0.39, 0.29) is 5.91 Å². The van der Waals surface area contributed by atoms with E-state index in [4.69, 9.17) is 13.9 Å². The molecule has 1 heterocycles. The highest BCUT2D eigenvalue weighted by atomic mass is 16.5. The average Bonchev–Trinajstić information content (AvgIpc) is 3.19. The number of hydrogen-bond donors (Lipinski definition) is 1.